The van der Waals surface area contributed by atoms with Gasteiger partial charge in [0, 0.05) is 0 Å². The standard InChI is InChI=1S/C9H7NO4/c10-8(11)3-1-2-6-4-5-7(14-6)9(12)13/h4-5H,3H2,(H2,10,11)(H,12,13). The van der Waals surface area contributed by atoms with E-state index in [0.717, 1.165) is 0 Å². The zero-order valence-corrected chi connectivity index (χ0v) is 7.11. The molecule has 0 saturated heterocycles. The van der Waals surface area contributed by atoms with E-state index in [1.165, 1.54) is 12.1 Å². The predicted octanol–water partition coefficient (Wildman–Crippen LogP) is 0.205. The summed E-state index contributed by atoms with van der Waals surface area (Å²) < 4.78 is 4.80. The molecule has 0 aliphatic heterocycles. The number of carboxylic acid groups (broad SMARTS) is 1. The smallest absolute Gasteiger partial charge is 0.371 e. The zero-order valence-electron chi connectivity index (χ0n) is 7.11. The number of hydrogen-bond donors (Lipinski definition) is 2. The molecule has 0 aromatic carbocycles. The summed E-state index contributed by atoms with van der Waals surface area (Å²) in [5.41, 5.74) is 4.84. The fourth-order valence-electron chi connectivity index (χ4n) is 0.738. The molecule has 0 aliphatic rings. The molecule has 1 aromatic heterocycles. The van der Waals surface area contributed by atoms with Crippen LogP contribution in [0.15, 0.2) is 16.5 Å². The second-order valence-corrected chi connectivity index (χ2v) is 2.41. The maximum atomic E-state index is 10.4. The summed E-state index contributed by atoms with van der Waals surface area (Å²) in [6, 6.07) is 2.70. The van der Waals surface area contributed by atoms with Crippen molar-refractivity contribution in [3.8, 4) is 11.8 Å². The van der Waals surface area contributed by atoms with Crippen LogP contribution in [-0.4, -0.2) is 17.0 Å². The molecule has 1 heterocycles. The first-order valence-electron chi connectivity index (χ1n) is 3.70. The Hall–Kier alpha value is -2.22. The minimum atomic E-state index is -1.16. The molecule has 0 saturated carbocycles. The Morgan fingerprint density at radius 1 is 1.50 bits per heavy atom. The van der Waals surface area contributed by atoms with Gasteiger partial charge < -0.3 is 15.3 Å². The average Bonchev–Trinajstić information content (AvgIpc) is 2.52. The van der Waals surface area contributed by atoms with Gasteiger partial charge in [0.2, 0.25) is 11.7 Å². The van der Waals surface area contributed by atoms with E-state index in [-0.39, 0.29) is 17.9 Å². The van der Waals surface area contributed by atoms with Crippen molar-refractivity contribution >= 4 is 11.9 Å². The number of aromatic carboxylic acids is 1. The van der Waals surface area contributed by atoms with Crippen LogP contribution >= 0.6 is 0 Å². The maximum absolute atomic E-state index is 10.4. The van der Waals surface area contributed by atoms with Crippen LogP contribution in [0.25, 0.3) is 0 Å². The SMILES string of the molecule is NC(=O)CC#Cc1ccc(C(=O)O)o1. The molecule has 0 atom stereocenters. The van der Waals surface area contributed by atoms with Crippen molar-refractivity contribution < 1.29 is 19.1 Å². The molecule has 0 radical (unpaired) electrons. The Morgan fingerprint density at radius 3 is 2.71 bits per heavy atom. The number of carboxylic acids is 1. The number of furan rings is 1. The van der Waals surface area contributed by atoms with E-state index in [4.69, 9.17) is 15.3 Å². The number of hydrogen-bond acceptors (Lipinski definition) is 3. The molecule has 1 amide bonds. The number of carbonyl (C=O) groups excluding carboxylic acids is 1. The lowest BCUT2D eigenvalue weighted by molar-refractivity contribution is -0.117. The van der Waals surface area contributed by atoms with Gasteiger partial charge in [-0.05, 0) is 18.1 Å². The second kappa shape index (κ2) is 4.14. The fraction of sp³-hybridized carbons (Fsp3) is 0.111. The molecule has 0 unspecified atom stereocenters. The van der Waals surface area contributed by atoms with Gasteiger partial charge in [-0.3, -0.25) is 4.79 Å². The minimum absolute atomic E-state index is 0.0803. The third-order valence-electron chi connectivity index (χ3n) is 1.29. The molecule has 3 N–H and O–H groups in total. The van der Waals surface area contributed by atoms with Crippen molar-refractivity contribution in [1.82, 2.24) is 0 Å². The van der Waals surface area contributed by atoms with Gasteiger partial charge in [0.05, 0.1) is 6.42 Å². The lowest BCUT2D eigenvalue weighted by Gasteiger charge is -1.83. The van der Waals surface area contributed by atoms with Gasteiger partial charge in [0.25, 0.3) is 0 Å². The first-order chi connectivity index (χ1) is 6.59. The minimum Gasteiger partial charge on any atom is -0.475 e. The van der Waals surface area contributed by atoms with Gasteiger partial charge in [0.1, 0.15) is 0 Å². The fourth-order valence-corrected chi connectivity index (χ4v) is 0.738. The maximum Gasteiger partial charge on any atom is 0.371 e. The molecule has 0 fully saturated rings. The van der Waals surface area contributed by atoms with Crippen LogP contribution < -0.4 is 5.73 Å². The summed E-state index contributed by atoms with van der Waals surface area (Å²) in [5.74, 6) is 3.23. The van der Waals surface area contributed by atoms with E-state index in [1.54, 1.807) is 0 Å². The molecule has 0 bridgehead atoms. The van der Waals surface area contributed by atoms with Crippen LogP contribution in [0.3, 0.4) is 0 Å². The summed E-state index contributed by atoms with van der Waals surface area (Å²) in [7, 11) is 0. The van der Waals surface area contributed by atoms with Gasteiger partial charge in [-0.2, -0.15) is 0 Å². The summed E-state index contributed by atoms with van der Waals surface area (Å²) in [6.07, 6.45) is -0.0803. The van der Waals surface area contributed by atoms with Gasteiger partial charge in [0.15, 0.2) is 5.76 Å². The van der Waals surface area contributed by atoms with E-state index in [9.17, 15) is 9.59 Å². The Labute approximate surface area is 79.5 Å². The Bertz CT molecular complexity index is 422. The normalized spacial score (nSPS) is 8.86. The number of amides is 1. The number of nitrogens with two attached hydrogens (primary N) is 1. The monoisotopic (exact) mass is 193 g/mol. The van der Waals surface area contributed by atoms with Crippen molar-refractivity contribution in [2.24, 2.45) is 5.73 Å². The molecule has 1 rings (SSSR count). The van der Waals surface area contributed by atoms with E-state index < -0.39 is 11.9 Å². The highest BCUT2D eigenvalue weighted by atomic mass is 16.4. The van der Waals surface area contributed by atoms with Gasteiger partial charge in [-0.1, -0.05) is 5.92 Å². The van der Waals surface area contributed by atoms with E-state index in [2.05, 4.69) is 11.8 Å². The van der Waals surface area contributed by atoms with Gasteiger partial charge in [-0.25, -0.2) is 4.79 Å². The summed E-state index contributed by atoms with van der Waals surface area (Å²) in [5, 5.41) is 8.50. The Balaban J connectivity index is 2.71. The largest absolute Gasteiger partial charge is 0.475 e. The molecule has 14 heavy (non-hydrogen) atoms. The van der Waals surface area contributed by atoms with Crippen LogP contribution in [0.5, 0.6) is 0 Å². The van der Waals surface area contributed by atoms with E-state index >= 15 is 0 Å². The zero-order chi connectivity index (χ0) is 10.6. The van der Waals surface area contributed by atoms with Crippen LogP contribution in [0, 0.1) is 11.8 Å². The van der Waals surface area contributed by atoms with Crippen LogP contribution in [0.4, 0.5) is 0 Å². The van der Waals surface area contributed by atoms with Crippen LogP contribution in [-0.2, 0) is 4.79 Å². The molecular formula is C9H7NO4. The lowest BCUT2D eigenvalue weighted by Crippen LogP contribution is -2.08. The van der Waals surface area contributed by atoms with Gasteiger partial charge in [-0.15, -0.1) is 0 Å². The van der Waals surface area contributed by atoms with Crippen molar-refractivity contribution in [3.05, 3.63) is 23.7 Å². The van der Waals surface area contributed by atoms with E-state index in [1.807, 2.05) is 0 Å². The van der Waals surface area contributed by atoms with E-state index in [0.29, 0.717) is 0 Å². The first-order valence-corrected chi connectivity index (χ1v) is 3.70. The summed E-state index contributed by atoms with van der Waals surface area (Å²) >= 11 is 0. The van der Waals surface area contributed by atoms with Gasteiger partial charge >= 0.3 is 5.97 Å². The third kappa shape index (κ3) is 2.68. The highest BCUT2D eigenvalue weighted by Gasteiger charge is 2.06. The summed E-state index contributed by atoms with van der Waals surface area (Å²) in [6.45, 7) is 0. The quantitative estimate of drug-likeness (QED) is 0.656. The highest BCUT2D eigenvalue weighted by molar-refractivity contribution is 5.84. The molecule has 5 nitrogen and oxygen atoms in total. The first kappa shape index (κ1) is 9.86. The molecule has 1 aromatic rings. The predicted molar refractivity (Wildman–Crippen MR) is 46.4 cm³/mol. The second-order valence-electron chi connectivity index (χ2n) is 2.41. The van der Waals surface area contributed by atoms with Crippen molar-refractivity contribution in [3.63, 3.8) is 0 Å². The molecular weight excluding hydrogens is 186 g/mol. The number of carbonyl (C=O) groups is 2. The highest BCUT2D eigenvalue weighted by Crippen LogP contribution is 2.05. The van der Waals surface area contributed by atoms with Crippen molar-refractivity contribution in [1.29, 1.82) is 0 Å². The third-order valence-corrected chi connectivity index (χ3v) is 1.29. The van der Waals surface area contributed by atoms with Crippen molar-refractivity contribution in [2.75, 3.05) is 0 Å². The number of rotatable bonds is 2. The number of primary amides is 1. The molecule has 0 spiro atoms. The molecule has 72 valence electrons. The molecule has 5 heteroatoms. The van der Waals surface area contributed by atoms with Crippen LogP contribution in [0.2, 0.25) is 0 Å². The average molecular weight is 193 g/mol. The van der Waals surface area contributed by atoms with Crippen LogP contribution in [0.1, 0.15) is 22.7 Å². The summed E-state index contributed by atoms with van der Waals surface area (Å²) in [4.78, 5) is 20.7. The molecule has 0 aliphatic carbocycles. The Morgan fingerprint density at radius 2 is 2.21 bits per heavy atom. The lowest BCUT2D eigenvalue weighted by atomic mass is 10.3. The Kier molecular flexibility index (Phi) is 2.92. The van der Waals surface area contributed by atoms with Crippen molar-refractivity contribution in [2.45, 2.75) is 6.42 Å². The topological polar surface area (TPSA) is 93.5 Å².